The molecule has 2 rings (SSSR count). The monoisotopic (exact) mass is 306 g/mol. The molecule has 110 valence electrons. The topological polar surface area (TPSA) is 128 Å². The van der Waals surface area contributed by atoms with Gasteiger partial charge in [-0.05, 0) is 36.4 Å². The quantitative estimate of drug-likeness (QED) is 0.770. The van der Waals surface area contributed by atoms with Crippen LogP contribution in [0.2, 0.25) is 0 Å². The fourth-order valence-electron chi connectivity index (χ4n) is 1.63. The highest BCUT2D eigenvalue weighted by Gasteiger charge is 2.09. The molecule has 21 heavy (non-hydrogen) atoms. The zero-order valence-corrected chi connectivity index (χ0v) is 12.0. The summed E-state index contributed by atoms with van der Waals surface area (Å²) >= 11 is 0. The molecule has 0 aliphatic heterocycles. The van der Waals surface area contributed by atoms with E-state index < -0.39 is 15.7 Å². The fraction of sp³-hybridized carbons (Fsp3) is 0.0769. The highest BCUT2D eigenvalue weighted by molar-refractivity contribution is 7.90. The third-order valence-corrected chi connectivity index (χ3v) is 3.85. The number of anilines is 3. The molecule has 0 atom stereocenters. The van der Waals surface area contributed by atoms with E-state index in [9.17, 15) is 13.2 Å². The lowest BCUT2D eigenvalue weighted by molar-refractivity contribution is 0.0995. The summed E-state index contributed by atoms with van der Waals surface area (Å²) in [6.07, 6.45) is 1.13. The van der Waals surface area contributed by atoms with Crippen molar-refractivity contribution in [3.8, 4) is 0 Å². The summed E-state index contributed by atoms with van der Waals surface area (Å²) < 4.78 is 22.7. The molecule has 0 aliphatic rings. The summed E-state index contributed by atoms with van der Waals surface area (Å²) in [4.78, 5) is 15.3. The standard InChI is InChI=1S/C13H14N4O3S/c1-21(19,20)9-4-2-8(3-5-9)16-13-10(14)6-7-11(17-13)12(15)18/h2-7H,14H2,1H3,(H2,15,18)(H,16,17). The van der Waals surface area contributed by atoms with Gasteiger partial charge in [-0.1, -0.05) is 0 Å². The van der Waals surface area contributed by atoms with E-state index >= 15 is 0 Å². The van der Waals surface area contributed by atoms with Crippen LogP contribution in [0.5, 0.6) is 0 Å². The van der Waals surface area contributed by atoms with E-state index in [1.54, 1.807) is 12.1 Å². The number of carbonyl (C=O) groups excluding carboxylic acids is 1. The number of hydrogen-bond acceptors (Lipinski definition) is 6. The lowest BCUT2D eigenvalue weighted by atomic mass is 10.3. The first kappa shape index (κ1) is 14.8. The van der Waals surface area contributed by atoms with E-state index in [0.29, 0.717) is 11.4 Å². The summed E-state index contributed by atoms with van der Waals surface area (Å²) in [6.45, 7) is 0. The van der Waals surface area contributed by atoms with Crippen LogP contribution in [0.15, 0.2) is 41.3 Å². The number of aromatic nitrogens is 1. The molecule has 0 saturated carbocycles. The molecule has 0 unspecified atom stereocenters. The van der Waals surface area contributed by atoms with Crippen molar-refractivity contribution < 1.29 is 13.2 Å². The van der Waals surface area contributed by atoms with Crippen LogP contribution in [0, 0.1) is 0 Å². The van der Waals surface area contributed by atoms with Crippen molar-refractivity contribution in [3.63, 3.8) is 0 Å². The van der Waals surface area contributed by atoms with E-state index in [1.807, 2.05) is 0 Å². The Balaban J connectivity index is 2.30. The minimum absolute atomic E-state index is 0.0828. The Morgan fingerprint density at radius 1 is 1.14 bits per heavy atom. The van der Waals surface area contributed by atoms with Gasteiger partial charge in [0.25, 0.3) is 5.91 Å². The van der Waals surface area contributed by atoms with Crippen molar-refractivity contribution in [1.29, 1.82) is 0 Å². The van der Waals surface area contributed by atoms with Crippen LogP contribution in [0.4, 0.5) is 17.2 Å². The zero-order chi connectivity index (χ0) is 15.6. The number of benzene rings is 1. The number of nitrogens with two attached hydrogens (primary N) is 2. The Hall–Kier alpha value is -2.61. The SMILES string of the molecule is CS(=O)(=O)c1ccc(Nc2nc(C(N)=O)ccc2N)cc1. The van der Waals surface area contributed by atoms with Crippen molar-refractivity contribution in [2.75, 3.05) is 17.3 Å². The summed E-state index contributed by atoms with van der Waals surface area (Å²) in [5.74, 6) is -0.385. The zero-order valence-electron chi connectivity index (χ0n) is 11.2. The van der Waals surface area contributed by atoms with Crippen LogP contribution in [0.3, 0.4) is 0 Å². The molecule has 0 aliphatic carbocycles. The Labute approximate surface area is 121 Å². The lowest BCUT2D eigenvalue weighted by Gasteiger charge is -2.09. The predicted molar refractivity (Wildman–Crippen MR) is 80.0 cm³/mol. The normalized spacial score (nSPS) is 11.1. The number of nitrogens with zero attached hydrogens (tertiary/aromatic N) is 1. The largest absolute Gasteiger partial charge is 0.396 e. The van der Waals surface area contributed by atoms with Gasteiger partial charge < -0.3 is 16.8 Å². The molecule has 0 radical (unpaired) electrons. The Bertz CT molecular complexity index is 786. The third kappa shape index (κ3) is 3.48. The molecule has 5 N–H and O–H groups in total. The van der Waals surface area contributed by atoms with Crippen molar-refractivity contribution >= 4 is 32.9 Å². The number of rotatable bonds is 4. The molecule has 1 aromatic carbocycles. The fourth-order valence-corrected chi connectivity index (χ4v) is 2.26. The maximum atomic E-state index is 11.4. The van der Waals surface area contributed by atoms with Gasteiger partial charge in [0.05, 0.1) is 10.6 Å². The van der Waals surface area contributed by atoms with E-state index in [-0.39, 0.29) is 16.4 Å². The number of primary amides is 1. The maximum Gasteiger partial charge on any atom is 0.267 e. The van der Waals surface area contributed by atoms with Gasteiger partial charge in [-0.15, -0.1) is 0 Å². The van der Waals surface area contributed by atoms with Gasteiger partial charge in [0.15, 0.2) is 15.7 Å². The number of carbonyl (C=O) groups is 1. The number of sulfone groups is 1. The van der Waals surface area contributed by atoms with E-state index in [1.165, 1.54) is 24.3 Å². The number of nitrogens with one attached hydrogen (secondary N) is 1. The van der Waals surface area contributed by atoms with Crippen LogP contribution in [0.1, 0.15) is 10.5 Å². The first-order chi connectivity index (χ1) is 9.77. The van der Waals surface area contributed by atoms with E-state index in [0.717, 1.165) is 6.26 Å². The molecule has 0 spiro atoms. The molecule has 0 bridgehead atoms. The van der Waals surface area contributed by atoms with Gasteiger partial charge in [-0.3, -0.25) is 4.79 Å². The van der Waals surface area contributed by atoms with Crippen LogP contribution in [-0.2, 0) is 9.84 Å². The smallest absolute Gasteiger partial charge is 0.267 e. The molecule has 0 saturated heterocycles. The molecule has 2 aromatic rings. The molecular weight excluding hydrogens is 292 g/mol. The summed E-state index contributed by atoms with van der Waals surface area (Å²) in [5, 5.41) is 2.91. The second kappa shape index (κ2) is 5.41. The van der Waals surface area contributed by atoms with Gasteiger partial charge in [0.2, 0.25) is 0 Å². The van der Waals surface area contributed by atoms with E-state index in [2.05, 4.69) is 10.3 Å². The van der Waals surface area contributed by atoms with Crippen molar-refractivity contribution in [2.24, 2.45) is 5.73 Å². The Morgan fingerprint density at radius 2 is 1.76 bits per heavy atom. The molecule has 1 aromatic heterocycles. The minimum atomic E-state index is -3.25. The molecule has 1 heterocycles. The van der Waals surface area contributed by atoms with Crippen molar-refractivity contribution in [2.45, 2.75) is 4.90 Å². The van der Waals surface area contributed by atoms with Gasteiger partial charge in [-0.2, -0.15) is 0 Å². The number of pyridine rings is 1. The average molecular weight is 306 g/mol. The van der Waals surface area contributed by atoms with Crippen LogP contribution >= 0.6 is 0 Å². The second-order valence-corrected chi connectivity index (χ2v) is 6.44. The summed E-state index contributed by atoms with van der Waals surface area (Å²) in [7, 11) is -3.25. The van der Waals surface area contributed by atoms with Gasteiger partial charge in [-0.25, -0.2) is 13.4 Å². The number of hydrogen-bond donors (Lipinski definition) is 3. The highest BCUT2D eigenvalue weighted by atomic mass is 32.2. The molecule has 8 heteroatoms. The minimum Gasteiger partial charge on any atom is -0.396 e. The molecule has 1 amide bonds. The van der Waals surface area contributed by atoms with Crippen LogP contribution in [-0.4, -0.2) is 25.6 Å². The summed E-state index contributed by atoms with van der Waals surface area (Å²) in [5.41, 5.74) is 11.9. The van der Waals surface area contributed by atoms with Crippen molar-refractivity contribution in [3.05, 3.63) is 42.1 Å². The predicted octanol–water partition coefficient (Wildman–Crippen LogP) is 0.910. The molecule has 0 fully saturated rings. The van der Waals surface area contributed by atoms with Crippen LogP contribution < -0.4 is 16.8 Å². The number of amides is 1. The first-order valence-electron chi connectivity index (χ1n) is 5.91. The second-order valence-electron chi connectivity index (χ2n) is 4.42. The van der Waals surface area contributed by atoms with Crippen molar-refractivity contribution in [1.82, 2.24) is 4.98 Å². The van der Waals surface area contributed by atoms with Crippen LogP contribution in [0.25, 0.3) is 0 Å². The molecular formula is C13H14N4O3S. The van der Waals surface area contributed by atoms with Gasteiger partial charge in [0.1, 0.15) is 5.69 Å². The third-order valence-electron chi connectivity index (χ3n) is 2.72. The van der Waals surface area contributed by atoms with Gasteiger partial charge >= 0.3 is 0 Å². The maximum absolute atomic E-state index is 11.4. The van der Waals surface area contributed by atoms with E-state index in [4.69, 9.17) is 11.5 Å². The molecule has 7 nitrogen and oxygen atoms in total. The lowest BCUT2D eigenvalue weighted by Crippen LogP contribution is -2.14. The average Bonchev–Trinajstić information content (AvgIpc) is 2.40. The van der Waals surface area contributed by atoms with Gasteiger partial charge in [0, 0.05) is 11.9 Å². The first-order valence-corrected chi connectivity index (χ1v) is 7.80. The highest BCUT2D eigenvalue weighted by Crippen LogP contribution is 2.22. The Morgan fingerprint density at radius 3 is 2.29 bits per heavy atom. The summed E-state index contributed by atoms with van der Waals surface area (Å²) in [6, 6.07) is 9.02. The number of nitrogen functional groups attached to an aromatic ring is 1. The Kier molecular flexibility index (Phi) is 3.81.